The fraction of sp³-hybridized carbons (Fsp3) is 0.438. The average molecular weight is 370 g/mol. The second kappa shape index (κ2) is 6.85. The summed E-state index contributed by atoms with van der Waals surface area (Å²) in [6.45, 7) is 0.377. The van der Waals surface area contributed by atoms with Crippen molar-refractivity contribution >= 4 is 5.91 Å². The molecule has 0 bridgehead atoms. The molecule has 0 radical (unpaired) electrons. The molecular formula is C16H17F3N4O3. The van der Waals surface area contributed by atoms with Gasteiger partial charge in [-0.1, -0.05) is 0 Å². The predicted molar refractivity (Wildman–Crippen MR) is 85.0 cm³/mol. The van der Waals surface area contributed by atoms with Crippen molar-refractivity contribution in [1.82, 2.24) is 20.1 Å². The number of fused-ring (bicyclic) bond motifs is 1. The third-order valence-corrected chi connectivity index (χ3v) is 4.32. The topological polar surface area (TPSA) is 89.0 Å². The monoisotopic (exact) mass is 370 g/mol. The Labute approximate surface area is 146 Å². The zero-order chi connectivity index (χ0) is 18.9. The van der Waals surface area contributed by atoms with Gasteiger partial charge in [0.1, 0.15) is 11.6 Å². The second-order valence-electron chi connectivity index (χ2n) is 6.04. The fourth-order valence-corrected chi connectivity index (χ4v) is 2.93. The molecular weight excluding hydrogens is 353 g/mol. The molecule has 26 heavy (non-hydrogen) atoms. The van der Waals surface area contributed by atoms with Crippen LogP contribution in [0.1, 0.15) is 34.6 Å². The summed E-state index contributed by atoms with van der Waals surface area (Å²) >= 11 is 0. The Balaban J connectivity index is 1.75. The van der Waals surface area contributed by atoms with Crippen LogP contribution in [0.5, 0.6) is 5.75 Å². The minimum atomic E-state index is -4.58. The largest absolute Gasteiger partial charge is 0.497 e. The van der Waals surface area contributed by atoms with Crippen LogP contribution in [-0.4, -0.2) is 33.8 Å². The van der Waals surface area contributed by atoms with Crippen molar-refractivity contribution in [2.24, 2.45) is 0 Å². The van der Waals surface area contributed by atoms with Gasteiger partial charge in [0.25, 0.3) is 5.91 Å². The zero-order valence-electron chi connectivity index (χ0n) is 13.9. The average Bonchev–Trinajstić information content (AvgIpc) is 2.83. The summed E-state index contributed by atoms with van der Waals surface area (Å²) in [5.74, 6) is -0.0575. The van der Waals surface area contributed by atoms with Gasteiger partial charge < -0.3 is 10.1 Å². The first-order chi connectivity index (χ1) is 12.3. The first-order valence-corrected chi connectivity index (χ1v) is 7.99. The van der Waals surface area contributed by atoms with Crippen LogP contribution in [0, 0.1) is 0 Å². The molecule has 0 fully saturated rings. The molecule has 1 aromatic heterocycles. The van der Waals surface area contributed by atoms with Gasteiger partial charge in [0.15, 0.2) is 0 Å². The van der Waals surface area contributed by atoms with Crippen molar-refractivity contribution in [3.05, 3.63) is 45.6 Å². The van der Waals surface area contributed by atoms with E-state index in [2.05, 4.69) is 15.5 Å². The molecule has 0 aliphatic carbocycles. The first kappa shape index (κ1) is 18.0. The maximum Gasteiger partial charge on any atom is 0.416 e. The summed E-state index contributed by atoms with van der Waals surface area (Å²) in [5, 5.41) is 9.03. The highest BCUT2D eigenvalue weighted by atomic mass is 19.4. The van der Waals surface area contributed by atoms with E-state index in [4.69, 9.17) is 4.74 Å². The number of benzene rings is 1. The number of aromatic amines is 1. The van der Waals surface area contributed by atoms with Gasteiger partial charge in [-0.05, 0) is 31.0 Å². The van der Waals surface area contributed by atoms with Gasteiger partial charge in [-0.25, -0.2) is 9.89 Å². The number of aromatic nitrogens is 3. The van der Waals surface area contributed by atoms with E-state index < -0.39 is 17.6 Å². The van der Waals surface area contributed by atoms with E-state index in [9.17, 15) is 22.8 Å². The van der Waals surface area contributed by atoms with Gasteiger partial charge in [0.2, 0.25) is 0 Å². The summed E-state index contributed by atoms with van der Waals surface area (Å²) in [6, 6.07) is 2.62. The second-order valence-corrected chi connectivity index (χ2v) is 6.04. The predicted octanol–water partition coefficient (Wildman–Crippen LogP) is 1.73. The number of carbonyl (C=O) groups excluding carboxylic acids is 1. The van der Waals surface area contributed by atoms with E-state index in [0.29, 0.717) is 31.6 Å². The van der Waals surface area contributed by atoms with Gasteiger partial charge in [-0.3, -0.25) is 9.36 Å². The Morgan fingerprint density at radius 1 is 1.35 bits per heavy atom. The minimum absolute atomic E-state index is 0.0440. The molecule has 2 N–H and O–H groups in total. The van der Waals surface area contributed by atoms with Gasteiger partial charge in [0.05, 0.1) is 12.7 Å². The SMILES string of the molecule is COc1cc(C(=O)NC2CCc3n[nH]c(=O)n3CC2)cc(C(F)(F)F)c1. The van der Waals surface area contributed by atoms with Crippen molar-refractivity contribution in [2.45, 2.75) is 38.0 Å². The summed E-state index contributed by atoms with van der Waals surface area (Å²) in [7, 11) is 1.24. The molecule has 3 rings (SSSR count). The van der Waals surface area contributed by atoms with Crippen LogP contribution >= 0.6 is 0 Å². The van der Waals surface area contributed by atoms with Crippen LogP contribution in [-0.2, 0) is 19.1 Å². The van der Waals surface area contributed by atoms with Gasteiger partial charge in [0, 0.05) is 24.6 Å². The molecule has 7 nitrogen and oxygen atoms in total. The van der Waals surface area contributed by atoms with Crippen LogP contribution in [0.25, 0.3) is 0 Å². The van der Waals surface area contributed by atoms with Crippen molar-refractivity contribution in [1.29, 1.82) is 0 Å². The summed E-state index contributed by atoms with van der Waals surface area (Å²) < 4.78 is 45.3. The number of aryl methyl sites for hydroxylation is 1. The van der Waals surface area contributed by atoms with E-state index >= 15 is 0 Å². The molecule has 0 saturated carbocycles. The molecule has 1 unspecified atom stereocenters. The molecule has 1 aliphatic rings. The zero-order valence-corrected chi connectivity index (χ0v) is 13.9. The number of carbonyl (C=O) groups is 1. The quantitative estimate of drug-likeness (QED) is 0.861. The van der Waals surface area contributed by atoms with E-state index in [1.807, 2.05) is 0 Å². The summed E-state index contributed by atoms with van der Waals surface area (Å²) in [5.41, 5.74) is -1.39. The van der Waals surface area contributed by atoms with Crippen molar-refractivity contribution < 1.29 is 22.7 Å². The van der Waals surface area contributed by atoms with Crippen LogP contribution in [0.4, 0.5) is 13.2 Å². The molecule has 1 aliphatic heterocycles. The molecule has 10 heteroatoms. The molecule has 0 spiro atoms. The van der Waals surface area contributed by atoms with E-state index in [1.54, 1.807) is 0 Å². The van der Waals surface area contributed by atoms with Crippen molar-refractivity contribution in [3.8, 4) is 5.75 Å². The van der Waals surface area contributed by atoms with Gasteiger partial charge >= 0.3 is 11.9 Å². The lowest BCUT2D eigenvalue weighted by atomic mass is 10.1. The van der Waals surface area contributed by atoms with E-state index in [1.165, 1.54) is 17.7 Å². The maximum atomic E-state index is 13.0. The van der Waals surface area contributed by atoms with E-state index in [0.717, 1.165) is 12.1 Å². The van der Waals surface area contributed by atoms with Crippen LogP contribution < -0.4 is 15.7 Å². The molecule has 1 amide bonds. The number of methoxy groups -OCH3 is 1. The number of nitrogens with zero attached hydrogens (tertiary/aromatic N) is 2. The smallest absolute Gasteiger partial charge is 0.416 e. The molecule has 0 saturated heterocycles. The van der Waals surface area contributed by atoms with Crippen LogP contribution in [0.3, 0.4) is 0 Å². The third-order valence-electron chi connectivity index (χ3n) is 4.32. The lowest BCUT2D eigenvalue weighted by Gasteiger charge is -2.17. The Morgan fingerprint density at radius 3 is 2.81 bits per heavy atom. The number of nitrogens with one attached hydrogen (secondary N) is 2. The lowest BCUT2D eigenvalue weighted by Crippen LogP contribution is -2.35. The Bertz CT molecular complexity index is 872. The number of H-pyrrole nitrogens is 1. The molecule has 1 aromatic carbocycles. The van der Waals surface area contributed by atoms with Crippen LogP contribution in [0.2, 0.25) is 0 Å². The molecule has 2 aromatic rings. The van der Waals surface area contributed by atoms with Gasteiger partial charge in [-0.15, -0.1) is 0 Å². The highest BCUT2D eigenvalue weighted by Gasteiger charge is 2.32. The Hall–Kier alpha value is -2.78. The number of hydrogen-bond acceptors (Lipinski definition) is 4. The number of hydrogen-bond donors (Lipinski definition) is 2. The van der Waals surface area contributed by atoms with Gasteiger partial charge in [-0.2, -0.15) is 18.3 Å². The number of amides is 1. The van der Waals surface area contributed by atoms with Crippen molar-refractivity contribution in [3.63, 3.8) is 0 Å². The number of alkyl halides is 3. The minimum Gasteiger partial charge on any atom is -0.497 e. The molecule has 140 valence electrons. The standard InChI is InChI=1S/C16H17F3N4O3/c1-26-12-7-9(6-10(8-12)16(17,18)19)14(24)20-11-2-3-13-21-22-15(25)23(13)5-4-11/h6-8,11H,2-5H2,1H3,(H,20,24)(H,22,25). The lowest BCUT2D eigenvalue weighted by molar-refractivity contribution is -0.137. The highest BCUT2D eigenvalue weighted by molar-refractivity contribution is 5.95. The summed E-state index contributed by atoms with van der Waals surface area (Å²) in [6.07, 6.45) is -3.09. The summed E-state index contributed by atoms with van der Waals surface area (Å²) in [4.78, 5) is 24.0. The van der Waals surface area contributed by atoms with Crippen molar-refractivity contribution in [2.75, 3.05) is 7.11 Å². The first-order valence-electron chi connectivity index (χ1n) is 7.99. The fourth-order valence-electron chi connectivity index (χ4n) is 2.93. The maximum absolute atomic E-state index is 13.0. The van der Waals surface area contributed by atoms with E-state index in [-0.39, 0.29) is 23.0 Å². The Kier molecular flexibility index (Phi) is 4.75. The molecule has 1 atom stereocenters. The Morgan fingerprint density at radius 2 is 2.12 bits per heavy atom. The molecule has 2 heterocycles. The number of halogens is 3. The highest BCUT2D eigenvalue weighted by Crippen LogP contribution is 2.32. The normalized spacial score (nSPS) is 17.3. The third kappa shape index (κ3) is 3.73. The van der Waals surface area contributed by atoms with Crippen LogP contribution in [0.15, 0.2) is 23.0 Å². The number of rotatable bonds is 3. The number of ether oxygens (including phenoxy) is 1.